The third-order valence-corrected chi connectivity index (χ3v) is 6.71. The van der Waals surface area contributed by atoms with Crippen molar-refractivity contribution in [2.75, 3.05) is 4.90 Å². The maximum Gasteiger partial charge on any atom is 0.0651 e. The van der Waals surface area contributed by atoms with Crippen LogP contribution in [-0.4, -0.2) is 0 Å². The molecule has 0 saturated heterocycles. The minimum atomic E-state index is -0.717. The van der Waals surface area contributed by atoms with E-state index < -0.39 is 83.3 Å². The van der Waals surface area contributed by atoms with Gasteiger partial charge in [-0.15, -0.1) is 0 Å². The molecular formula is C40H29N. The Morgan fingerprint density at radius 1 is 0.390 bits per heavy atom. The largest absolute Gasteiger partial charge is 0.310 e. The van der Waals surface area contributed by atoms with E-state index in [-0.39, 0.29) is 29.0 Å². The molecule has 0 spiro atoms. The number of fused-ring (bicyclic) bond motifs is 1. The summed E-state index contributed by atoms with van der Waals surface area (Å²) in [5.41, 5.74) is 0.681. The third kappa shape index (κ3) is 5.02. The van der Waals surface area contributed by atoms with Crippen LogP contribution in [0.15, 0.2) is 176 Å². The van der Waals surface area contributed by atoms with E-state index in [4.69, 9.17) is 13.7 Å². The van der Waals surface area contributed by atoms with Gasteiger partial charge in [-0.25, -0.2) is 0 Å². The Morgan fingerprint density at radius 3 is 1.85 bits per heavy atom. The standard InChI is InChI=1S/C40H29N/c1-3-11-30(12-4-1)32-21-25-36(26-22-32)41(37-27-23-33(24-28-37)31-13-5-2-6-14-31)38-18-9-17-35(29-38)40-20-10-16-34-15-7-8-19-39(34)40/h1-29H/i1D,3D,4D,9D,11D,12D,17D,18D,21D,22D,25D,26D,29D. The van der Waals surface area contributed by atoms with Gasteiger partial charge < -0.3 is 4.90 Å². The van der Waals surface area contributed by atoms with Gasteiger partial charge in [-0.2, -0.15) is 0 Å². The number of benzene rings is 7. The summed E-state index contributed by atoms with van der Waals surface area (Å²) in [4.78, 5) is 1.21. The Hall–Kier alpha value is -5.40. The van der Waals surface area contributed by atoms with Gasteiger partial charge in [0.1, 0.15) is 0 Å². The monoisotopic (exact) mass is 536 g/mol. The number of hydrogen-bond donors (Lipinski definition) is 0. The first-order chi connectivity index (χ1) is 25.8. The first-order valence-electron chi connectivity index (χ1n) is 19.5. The van der Waals surface area contributed by atoms with E-state index in [1.54, 1.807) is 36.4 Å². The lowest BCUT2D eigenvalue weighted by molar-refractivity contribution is 1.28. The maximum absolute atomic E-state index is 9.60. The van der Waals surface area contributed by atoms with Crippen LogP contribution in [0.2, 0.25) is 0 Å². The highest BCUT2D eigenvalue weighted by molar-refractivity contribution is 5.97. The van der Waals surface area contributed by atoms with E-state index in [1.165, 1.54) is 4.90 Å². The molecule has 0 aliphatic rings. The Labute approximate surface area is 259 Å². The topological polar surface area (TPSA) is 3.24 Å². The highest BCUT2D eigenvalue weighted by atomic mass is 15.1. The summed E-state index contributed by atoms with van der Waals surface area (Å²) >= 11 is 0. The van der Waals surface area contributed by atoms with Crippen molar-refractivity contribution in [1.82, 2.24) is 0 Å². The molecule has 7 aromatic rings. The predicted molar refractivity (Wildman–Crippen MR) is 175 cm³/mol. The second-order valence-electron chi connectivity index (χ2n) is 9.22. The van der Waals surface area contributed by atoms with Crippen molar-refractivity contribution >= 4 is 27.8 Å². The average molecular weight is 537 g/mol. The molecule has 7 rings (SSSR count). The van der Waals surface area contributed by atoms with Crippen LogP contribution < -0.4 is 4.90 Å². The van der Waals surface area contributed by atoms with Crippen molar-refractivity contribution < 1.29 is 17.8 Å². The molecule has 1 heteroatoms. The van der Waals surface area contributed by atoms with Gasteiger partial charge in [-0.3, -0.25) is 0 Å². The van der Waals surface area contributed by atoms with Crippen LogP contribution in [0.5, 0.6) is 0 Å². The van der Waals surface area contributed by atoms with Crippen LogP contribution in [-0.2, 0) is 0 Å². The third-order valence-electron chi connectivity index (χ3n) is 6.71. The fourth-order valence-electron chi connectivity index (χ4n) is 4.74. The Kier molecular flexibility index (Phi) is 3.83. The molecule has 0 atom stereocenters. The fourth-order valence-corrected chi connectivity index (χ4v) is 4.74. The molecule has 0 aromatic heterocycles. The minimum Gasteiger partial charge on any atom is -0.310 e. The minimum absolute atomic E-state index is 0.0275. The van der Waals surface area contributed by atoms with E-state index in [0.29, 0.717) is 10.9 Å². The molecule has 0 fully saturated rings. The molecule has 0 saturated carbocycles. The molecule has 0 radical (unpaired) electrons. The van der Waals surface area contributed by atoms with Crippen molar-refractivity contribution in [3.05, 3.63) is 176 Å². The van der Waals surface area contributed by atoms with Crippen molar-refractivity contribution in [3.63, 3.8) is 0 Å². The average Bonchev–Trinajstić information content (AvgIpc) is 3.19. The Balaban J connectivity index is 1.57. The molecule has 0 aliphatic carbocycles. The highest BCUT2D eigenvalue weighted by Gasteiger charge is 2.15. The summed E-state index contributed by atoms with van der Waals surface area (Å²) < 4.78 is 115. The van der Waals surface area contributed by atoms with Gasteiger partial charge in [0.2, 0.25) is 0 Å². The smallest absolute Gasteiger partial charge is 0.0651 e. The number of nitrogens with zero attached hydrogens (tertiary/aromatic N) is 1. The summed E-state index contributed by atoms with van der Waals surface area (Å²) in [7, 11) is 0. The molecule has 0 aliphatic heterocycles. The van der Waals surface area contributed by atoms with Gasteiger partial charge in [-0.05, 0) is 80.5 Å². The van der Waals surface area contributed by atoms with Gasteiger partial charge in [0.05, 0.1) is 17.8 Å². The molecular weight excluding hydrogens is 494 g/mol. The van der Waals surface area contributed by atoms with E-state index in [2.05, 4.69) is 0 Å². The lowest BCUT2D eigenvalue weighted by atomic mass is 9.97. The van der Waals surface area contributed by atoms with Gasteiger partial charge in [0, 0.05) is 17.1 Å². The van der Waals surface area contributed by atoms with Crippen molar-refractivity contribution in [1.29, 1.82) is 0 Å². The van der Waals surface area contributed by atoms with Crippen molar-refractivity contribution in [2.45, 2.75) is 0 Å². The zero-order valence-electron chi connectivity index (χ0n) is 34.7. The summed E-state index contributed by atoms with van der Waals surface area (Å²) in [6, 6.07) is 20.8. The van der Waals surface area contributed by atoms with E-state index >= 15 is 0 Å². The molecule has 1 nitrogen and oxygen atoms in total. The van der Waals surface area contributed by atoms with Crippen LogP contribution in [0.25, 0.3) is 44.2 Å². The van der Waals surface area contributed by atoms with Gasteiger partial charge in [-0.1, -0.05) is 139 Å². The molecule has 0 bridgehead atoms. The summed E-state index contributed by atoms with van der Waals surface area (Å²) in [6.45, 7) is 0. The maximum atomic E-state index is 9.60. The van der Waals surface area contributed by atoms with Gasteiger partial charge in [0.25, 0.3) is 0 Å². The Bertz CT molecular complexity index is 2580. The van der Waals surface area contributed by atoms with Crippen molar-refractivity contribution in [3.8, 4) is 33.4 Å². The first kappa shape index (κ1) is 14.3. The molecule has 41 heavy (non-hydrogen) atoms. The molecule has 194 valence electrons. The second-order valence-corrected chi connectivity index (χ2v) is 9.22. The van der Waals surface area contributed by atoms with Crippen molar-refractivity contribution in [2.24, 2.45) is 0 Å². The molecule has 0 N–H and O–H groups in total. The highest BCUT2D eigenvalue weighted by Crippen LogP contribution is 2.39. The van der Waals surface area contributed by atoms with Gasteiger partial charge in [0.15, 0.2) is 0 Å². The zero-order chi connectivity index (χ0) is 38.7. The normalized spacial score (nSPS) is 15.4. The number of anilines is 3. The van der Waals surface area contributed by atoms with Gasteiger partial charge >= 0.3 is 0 Å². The van der Waals surface area contributed by atoms with Crippen LogP contribution in [0.1, 0.15) is 17.8 Å². The molecule has 7 aromatic carbocycles. The lowest BCUT2D eigenvalue weighted by Gasteiger charge is -2.26. The van der Waals surface area contributed by atoms with Crippen LogP contribution >= 0.6 is 0 Å². The summed E-state index contributed by atoms with van der Waals surface area (Å²) in [5, 5.41) is 1.50. The summed E-state index contributed by atoms with van der Waals surface area (Å²) in [5.74, 6) is 0. The Morgan fingerprint density at radius 2 is 1.05 bits per heavy atom. The van der Waals surface area contributed by atoms with Crippen LogP contribution in [0, 0.1) is 0 Å². The zero-order valence-corrected chi connectivity index (χ0v) is 21.7. The molecule has 0 heterocycles. The summed E-state index contributed by atoms with van der Waals surface area (Å²) in [6.07, 6.45) is 0. The first-order valence-corrected chi connectivity index (χ1v) is 13.0. The van der Waals surface area contributed by atoms with E-state index in [0.717, 1.165) is 16.5 Å². The SMILES string of the molecule is [2H]c1c([2H])c([2H])c(-c2c([2H])c([2H])c(N(c3ccc(-c4ccccc4)cc3)c3c([2H])c([2H])c([2H])c(-c4cccc5ccccc45)c3[2H])c([2H])c2[2H])c([2H])c1[2H]. The quantitative estimate of drug-likeness (QED) is 0.204. The molecule has 0 unspecified atom stereocenters. The van der Waals surface area contributed by atoms with E-state index in [1.807, 2.05) is 60.7 Å². The number of rotatable bonds is 6. The van der Waals surface area contributed by atoms with Crippen LogP contribution in [0.3, 0.4) is 0 Å². The van der Waals surface area contributed by atoms with Crippen LogP contribution in [0.4, 0.5) is 17.1 Å². The molecule has 0 amide bonds. The number of hydrogen-bond acceptors (Lipinski definition) is 1. The lowest BCUT2D eigenvalue weighted by Crippen LogP contribution is -2.10. The predicted octanol–water partition coefficient (Wildman–Crippen LogP) is 11.3. The van der Waals surface area contributed by atoms with E-state index in [9.17, 15) is 4.11 Å². The second kappa shape index (κ2) is 11.0. The fraction of sp³-hybridized carbons (Fsp3) is 0.